The number of nitrogens with zero attached hydrogens (tertiary/aromatic N) is 1. The van der Waals surface area contributed by atoms with Gasteiger partial charge in [-0.25, -0.2) is 4.90 Å². The van der Waals surface area contributed by atoms with Crippen LogP contribution in [0.3, 0.4) is 0 Å². The third-order valence-corrected chi connectivity index (χ3v) is 4.68. The maximum atomic E-state index is 13.1. The molecule has 0 saturated heterocycles. The minimum atomic E-state index is -0.720. The summed E-state index contributed by atoms with van der Waals surface area (Å²) in [6.07, 6.45) is 0.890. The molecule has 0 aromatic heterocycles. The minimum Gasteiger partial charge on any atom is -0.502 e. The second-order valence-corrected chi connectivity index (χ2v) is 6.54. The lowest BCUT2D eigenvalue weighted by molar-refractivity contribution is -0.121. The molecular weight excluding hydrogens is 354 g/mol. The molecule has 0 fully saturated rings. The van der Waals surface area contributed by atoms with E-state index in [0.717, 1.165) is 22.1 Å². The lowest BCUT2D eigenvalue weighted by Gasteiger charge is -2.17. The molecule has 5 heteroatoms. The van der Waals surface area contributed by atoms with Crippen LogP contribution in [0.25, 0.3) is 16.3 Å². The Balaban J connectivity index is 1.72. The number of carbonyl (C=O) groups is 2. The van der Waals surface area contributed by atoms with Gasteiger partial charge in [-0.2, -0.15) is 0 Å². The van der Waals surface area contributed by atoms with Crippen LogP contribution in [-0.2, 0) is 9.59 Å². The number of aliphatic hydroxyl groups is 1. The molecule has 140 valence electrons. The van der Waals surface area contributed by atoms with E-state index in [4.69, 9.17) is 4.74 Å². The fraction of sp³-hybridized carbons (Fsp3) is 0.130. The van der Waals surface area contributed by atoms with Crippen LogP contribution in [0.15, 0.2) is 72.5 Å². The lowest BCUT2D eigenvalue weighted by Crippen LogP contribution is -2.31. The Morgan fingerprint density at radius 2 is 1.61 bits per heavy atom. The summed E-state index contributed by atoms with van der Waals surface area (Å²) in [5.41, 5.74) is 0.931. The van der Waals surface area contributed by atoms with Gasteiger partial charge >= 0.3 is 5.91 Å². The number of benzene rings is 3. The minimum absolute atomic E-state index is 0.0000225. The van der Waals surface area contributed by atoms with E-state index >= 15 is 0 Å². The molecule has 0 saturated carbocycles. The lowest BCUT2D eigenvalue weighted by atomic mass is 10.0. The van der Waals surface area contributed by atoms with Crippen LogP contribution in [-0.4, -0.2) is 23.5 Å². The van der Waals surface area contributed by atoms with E-state index < -0.39 is 17.6 Å². The summed E-state index contributed by atoms with van der Waals surface area (Å²) >= 11 is 0. The van der Waals surface area contributed by atoms with Gasteiger partial charge in [0.05, 0.1) is 17.9 Å². The SMILES string of the molecule is CCCOc1ccc(C2=C(O)C(=O)N(c3cccc4ccccc34)C2=O)cc1. The Hall–Kier alpha value is -3.60. The highest BCUT2D eigenvalue weighted by molar-refractivity contribution is 6.45. The van der Waals surface area contributed by atoms with E-state index in [0.29, 0.717) is 23.6 Å². The van der Waals surface area contributed by atoms with Crippen LogP contribution >= 0.6 is 0 Å². The third-order valence-electron chi connectivity index (χ3n) is 4.68. The molecule has 0 aliphatic carbocycles. The average Bonchev–Trinajstić information content (AvgIpc) is 2.95. The standard InChI is InChI=1S/C23H19NO4/c1-2-14-28-17-12-10-16(11-13-17)20-21(25)23(27)24(22(20)26)19-9-5-7-15-6-3-4-8-18(15)19/h3-13,25H,2,14H2,1H3. The van der Waals surface area contributed by atoms with Crippen molar-refractivity contribution < 1.29 is 19.4 Å². The molecule has 1 aliphatic rings. The molecule has 0 atom stereocenters. The number of ether oxygens (including phenoxy) is 1. The molecule has 28 heavy (non-hydrogen) atoms. The first-order chi connectivity index (χ1) is 13.6. The van der Waals surface area contributed by atoms with Gasteiger partial charge in [0.2, 0.25) is 0 Å². The number of hydrogen-bond acceptors (Lipinski definition) is 4. The quantitative estimate of drug-likeness (QED) is 0.670. The maximum absolute atomic E-state index is 13.1. The predicted molar refractivity (Wildman–Crippen MR) is 108 cm³/mol. The van der Waals surface area contributed by atoms with Crippen molar-refractivity contribution in [2.45, 2.75) is 13.3 Å². The van der Waals surface area contributed by atoms with Crippen molar-refractivity contribution in [3.8, 4) is 5.75 Å². The highest BCUT2D eigenvalue weighted by Gasteiger charge is 2.40. The van der Waals surface area contributed by atoms with Gasteiger partial charge in [0.1, 0.15) is 5.75 Å². The first-order valence-electron chi connectivity index (χ1n) is 9.15. The molecule has 1 heterocycles. The summed E-state index contributed by atoms with van der Waals surface area (Å²) in [5.74, 6) is -1.13. The molecule has 2 amide bonds. The highest BCUT2D eigenvalue weighted by Crippen LogP contribution is 2.35. The smallest absolute Gasteiger partial charge is 0.301 e. The number of aliphatic hydroxyl groups excluding tert-OH is 1. The van der Waals surface area contributed by atoms with Crippen LogP contribution in [0.2, 0.25) is 0 Å². The first-order valence-corrected chi connectivity index (χ1v) is 9.15. The number of anilines is 1. The highest BCUT2D eigenvalue weighted by atomic mass is 16.5. The van der Waals surface area contributed by atoms with Crippen molar-refractivity contribution in [1.82, 2.24) is 0 Å². The number of fused-ring (bicyclic) bond motifs is 1. The molecule has 0 radical (unpaired) electrons. The molecule has 0 unspecified atom stereocenters. The average molecular weight is 373 g/mol. The first kappa shape index (κ1) is 17.8. The van der Waals surface area contributed by atoms with Crippen LogP contribution in [0, 0.1) is 0 Å². The summed E-state index contributed by atoms with van der Waals surface area (Å²) in [7, 11) is 0. The topological polar surface area (TPSA) is 66.8 Å². The van der Waals surface area contributed by atoms with Crippen molar-refractivity contribution >= 4 is 33.8 Å². The molecule has 5 nitrogen and oxygen atoms in total. The monoisotopic (exact) mass is 373 g/mol. The fourth-order valence-electron chi connectivity index (χ4n) is 3.34. The number of imide groups is 1. The second-order valence-electron chi connectivity index (χ2n) is 6.54. The zero-order valence-corrected chi connectivity index (χ0v) is 15.4. The van der Waals surface area contributed by atoms with Gasteiger partial charge in [-0.1, -0.05) is 55.5 Å². The summed E-state index contributed by atoms with van der Waals surface area (Å²) in [6.45, 7) is 2.61. The summed E-state index contributed by atoms with van der Waals surface area (Å²) in [4.78, 5) is 26.8. The fourth-order valence-corrected chi connectivity index (χ4v) is 3.34. The van der Waals surface area contributed by atoms with Gasteiger partial charge in [-0.15, -0.1) is 0 Å². The van der Waals surface area contributed by atoms with Gasteiger partial charge < -0.3 is 9.84 Å². The third kappa shape index (κ3) is 2.91. The van der Waals surface area contributed by atoms with Gasteiger partial charge in [0.15, 0.2) is 5.76 Å². The molecule has 4 rings (SSSR count). The van der Waals surface area contributed by atoms with Gasteiger partial charge in [0, 0.05) is 5.39 Å². The molecule has 0 spiro atoms. The molecule has 3 aromatic rings. The number of amides is 2. The molecule has 1 aliphatic heterocycles. The second kappa shape index (κ2) is 7.19. The Kier molecular flexibility index (Phi) is 4.57. The number of rotatable bonds is 5. The van der Waals surface area contributed by atoms with E-state index in [2.05, 4.69) is 0 Å². The maximum Gasteiger partial charge on any atom is 0.301 e. The van der Waals surface area contributed by atoms with Crippen molar-refractivity contribution in [3.05, 3.63) is 78.1 Å². The molecular formula is C23H19NO4. The Morgan fingerprint density at radius 1 is 0.893 bits per heavy atom. The van der Waals surface area contributed by atoms with E-state index in [1.54, 1.807) is 36.4 Å². The summed E-state index contributed by atoms with van der Waals surface area (Å²) in [5, 5.41) is 12.1. The Bertz CT molecular complexity index is 1090. The van der Waals surface area contributed by atoms with E-state index in [9.17, 15) is 14.7 Å². The Labute approximate surface area is 162 Å². The van der Waals surface area contributed by atoms with Crippen molar-refractivity contribution in [2.75, 3.05) is 11.5 Å². The van der Waals surface area contributed by atoms with Crippen LogP contribution in [0.1, 0.15) is 18.9 Å². The van der Waals surface area contributed by atoms with E-state index in [1.165, 1.54) is 0 Å². The van der Waals surface area contributed by atoms with Crippen LogP contribution in [0.5, 0.6) is 5.75 Å². The zero-order chi connectivity index (χ0) is 19.7. The summed E-state index contributed by atoms with van der Waals surface area (Å²) < 4.78 is 5.55. The van der Waals surface area contributed by atoms with Gasteiger partial charge in [0.25, 0.3) is 5.91 Å². The number of carbonyl (C=O) groups excluding carboxylic acids is 2. The summed E-state index contributed by atoms with van der Waals surface area (Å²) in [6, 6.07) is 19.7. The van der Waals surface area contributed by atoms with Gasteiger partial charge in [-0.05, 0) is 35.6 Å². The largest absolute Gasteiger partial charge is 0.502 e. The van der Waals surface area contributed by atoms with Crippen molar-refractivity contribution in [1.29, 1.82) is 0 Å². The van der Waals surface area contributed by atoms with Crippen LogP contribution < -0.4 is 9.64 Å². The van der Waals surface area contributed by atoms with E-state index in [-0.39, 0.29) is 5.57 Å². The zero-order valence-electron chi connectivity index (χ0n) is 15.4. The van der Waals surface area contributed by atoms with Gasteiger partial charge in [-0.3, -0.25) is 9.59 Å². The molecule has 0 bridgehead atoms. The molecule has 1 N–H and O–H groups in total. The van der Waals surface area contributed by atoms with E-state index in [1.807, 2.05) is 37.3 Å². The van der Waals surface area contributed by atoms with Crippen molar-refractivity contribution in [3.63, 3.8) is 0 Å². The Morgan fingerprint density at radius 3 is 2.36 bits per heavy atom. The van der Waals surface area contributed by atoms with Crippen LogP contribution in [0.4, 0.5) is 5.69 Å². The number of hydrogen-bond donors (Lipinski definition) is 1. The van der Waals surface area contributed by atoms with Crippen molar-refractivity contribution in [2.24, 2.45) is 0 Å². The normalized spacial score (nSPS) is 14.2. The molecule has 3 aromatic carbocycles. The predicted octanol–water partition coefficient (Wildman–Crippen LogP) is 4.47.